The molecule has 2 aromatic heterocycles. The minimum atomic E-state index is -4.78. The molecule has 0 spiro atoms. The maximum Gasteiger partial charge on any atom is 0.383 e. The summed E-state index contributed by atoms with van der Waals surface area (Å²) in [6, 6.07) is 1.55. The van der Waals surface area contributed by atoms with Crippen LogP contribution < -0.4 is 5.56 Å². The van der Waals surface area contributed by atoms with Crippen LogP contribution in [0.2, 0.25) is 0 Å². The fraction of sp³-hybridized carbons (Fsp3) is 0.364. The number of aromatic amines is 1. The summed E-state index contributed by atoms with van der Waals surface area (Å²) in [6.45, 7) is -0.512. The number of nitrogens with zero attached hydrogens (tertiary/aromatic N) is 2. The lowest BCUT2D eigenvalue weighted by Crippen LogP contribution is -2.46. The highest BCUT2D eigenvalue weighted by Crippen LogP contribution is 2.25. The van der Waals surface area contributed by atoms with E-state index in [4.69, 9.17) is 0 Å². The average molecular weight is 323 g/mol. The second-order valence-electron chi connectivity index (χ2n) is 4.23. The lowest BCUT2D eigenvalue weighted by atomic mass is 10.3. The maximum absolute atomic E-state index is 12.9. The van der Waals surface area contributed by atoms with Crippen LogP contribution in [-0.2, 0) is 11.3 Å². The summed E-state index contributed by atoms with van der Waals surface area (Å²) in [5.41, 5.74) is -0.133. The van der Waals surface area contributed by atoms with E-state index in [1.807, 2.05) is 0 Å². The highest BCUT2D eigenvalue weighted by molar-refractivity contribution is 7.17. The monoisotopic (exact) mass is 323 g/mol. The van der Waals surface area contributed by atoms with Gasteiger partial charge in [-0.2, -0.15) is 8.78 Å². The summed E-state index contributed by atoms with van der Waals surface area (Å²) in [5.74, 6) is -6.88. The molecule has 0 aliphatic carbocycles. The van der Waals surface area contributed by atoms with Crippen molar-refractivity contribution < 1.29 is 22.4 Å². The first kappa shape index (κ1) is 15.4. The molecule has 0 aromatic carbocycles. The van der Waals surface area contributed by atoms with Gasteiger partial charge in [0.2, 0.25) is 0 Å². The third-order valence-electron chi connectivity index (χ3n) is 2.66. The van der Waals surface area contributed by atoms with Crippen LogP contribution in [0.3, 0.4) is 0 Å². The Kier molecular flexibility index (Phi) is 3.99. The molecular formula is C11H9F4N3O2S. The molecule has 5 nitrogen and oxygen atoms in total. The second-order valence-corrected chi connectivity index (χ2v) is 5.15. The molecule has 1 amide bonds. The van der Waals surface area contributed by atoms with E-state index in [0.29, 0.717) is 15.1 Å². The van der Waals surface area contributed by atoms with Crippen molar-refractivity contribution in [3.63, 3.8) is 0 Å². The van der Waals surface area contributed by atoms with Gasteiger partial charge in [-0.15, -0.1) is 11.3 Å². The van der Waals surface area contributed by atoms with Gasteiger partial charge in [0.05, 0.1) is 12.1 Å². The van der Waals surface area contributed by atoms with Crippen molar-refractivity contribution in [1.29, 1.82) is 0 Å². The largest absolute Gasteiger partial charge is 0.383 e. The maximum atomic E-state index is 12.9. The minimum absolute atomic E-state index is 0.0631. The molecule has 21 heavy (non-hydrogen) atoms. The summed E-state index contributed by atoms with van der Waals surface area (Å²) < 4.78 is 50.5. The zero-order valence-electron chi connectivity index (χ0n) is 10.6. The van der Waals surface area contributed by atoms with E-state index >= 15 is 0 Å². The van der Waals surface area contributed by atoms with Gasteiger partial charge in [-0.25, -0.2) is 13.8 Å². The number of aromatic nitrogens is 2. The number of amides is 1. The van der Waals surface area contributed by atoms with Crippen molar-refractivity contribution in [2.75, 3.05) is 7.05 Å². The number of carbonyl (C=O) groups excluding carboxylic acids is 1. The quantitative estimate of drug-likeness (QED) is 0.873. The predicted molar refractivity (Wildman–Crippen MR) is 67.7 cm³/mol. The van der Waals surface area contributed by atoms with Gasteiger partial charge >= 0.3 is 12.3 Å². The third kappa shape index (κ3) is 2.89. The number of alkyl halides is 4. The molecule has 0 radical (unpaired) electrons. The first-order valence-corrected chi connectivity index (χ1v) is 6.49. The first-order chi connectivity index (χ1) is 9.73. The van der Waals surface area contributed by atoms with Crippen molar-refractivity contribution >= 4 is 27.5 Å². The van der Waals surface area contributed by atoms with Crippen LogP contribution in [0.1, 0.15) is 5.82 Å². The Labute approximate surface area is 119 Å². The Morgan fingerprint density at radius 1 is 1.52 bits per heavy atom. The standard InChI is InChI=1S/C11H9F4N3O2S/c1-18(10(20)11(14,15)9(12)13)4-6-16-5-2-3-21-7(5)8(19)17-6/h2-3,9H,4H2,1H3,(H,16,17,19). The molecular weight excluding hydrogens is 314 g/mol. The highest BCUT2D eigenvalue weighted by Gasteiger charge is 2.50. The predicted octanol–water partition coefficient (Wildman–Crippen LogP) is 1.84. The van der Waals surface area contributed by atoms with Crippen LogP contribution in [0.5, 0.6) is 0 Å². The number of halogens is 4. The van der Waals surface area contributed by atoms with Crippen LogP contribution in [0.15, 0.2) is 16.2 Å². The van der Waals surface area contributed by atoms with Gasteiger partial charge in [0, 0.05) is 7.05 Å². The number of H-pyrrole nitrogens is 1. The van der Waals surface area contributed by atoms with E-state index < -0.39 is 30.4 Å². The lowest BCUT2D eigenvalue weighted by molar-refractivity contribution is -0.179. The summed E-state index contributed by atoms with van der Waals surface area (Å²) in [5, 5.41) is 1.62. The molecule has 0 saturated heterocycles. The van der Waals surface area contributed by atoms with E-state index in [1.165, 1.54) is 0 Å². The number of rotatable bonds is 4. The van der Waals surface area contributed by atoms with E-state index in [0.717, 1.165) is 18.4 Å². The van der Waals surface area contributed by atoms with Gasteiger partial charge in [-0.05, 0) is 11.4 Å². The Balaban J connectivity index is 2.23. The molecule has 0 atom stereocenters. The van der Waals surface area contributed by atoms with Crippen molar-refractivity contribution in [2.24, 2.45) is 0 Å². The molecule has 0 unspecified atom stereocenters. The van der Waals surface area contributed by atoms with Gasteiger partial charge in [-0.1, -0.05) is 0 Å². The van der Waals surface area contributed by atoms with Gasteiger partial charge in [0.15, 0.2) is 0 Å². The zero-order valence-corrected chi connectivity index (χ0v) is 11.4. The van der Waals surface area contributed by atoms with Crippen molar-refractivity contribution in [2.45, 2.75) is 18.9 Å². The summed E-state index contributed by atoms with van der Waals surface area (Å²) in [6.07, 6.45) is -4.10. The molecule has 0 aliphatic rings. The first-order valence-electron chi connectivity index (χ1n) is 5.61. The topological polar surface area (TPSA) is 66.1 Å². The fourth-order valence-corrected chi connectivity index (χ4v) is 2.37. The van der Waals surface area contributed by atoms with E-state index in [9.17, 15) is 27.2 Å². The van der Waals surface area contributed by atoms with E-state index in [1.54, 1.807) is 11.4 Å². The molecule has 0 aliphatic heterocycles. The highest BCUT2D eigenvalue weighted by atomic mass is 32.1. The van der Waals surface area contributed by atoms with E-state index in [2.05, 4.69) is 9.97 Å². The Morgan fingerprint density at radius 3 is 2.81 bits per heavy atom. The van der Waals surface area contributed by atoms with Gasteiger partial charge in [0.25, 0.3) is 11.5 Å². The lowest BCUT2D eigenvalue weighted by Gasteiger charge is -2.22. The average Bonchev–Trinajstić information content (AvgIpc) is 2.86. The molecule has 2 heterocycles. The van der Waals surface area contributed by atoms with Gasteiger partial charge in [0.1, 0.15) is 10.5 Å². The number of hydrogen-bond donors (Lipinski definition) is 1. The normalized spacial score (nSPS) is 12.1. The third-order valence-corrected chi connectivity index (χ3v) is 3.56. The molecule has 114 valence electrons. The molecule has 2 aromatic rings. The van der Waals surface area contributed by atoms with Crippen LogP contribution in [-0.4, -0.2) is 40.2 Å². The van der Waals surface area contributed by atoms with Crippen molar-refractivity contribution in [3.05, 3.63) is 27.6 Å². The van der Waals surface area contributed by atoms with Gasteiger partial charge < -0.3 is 9.88 Å². The summed E-state index contributed by atoms with van der Waals surface area (Å²) in [7, 11) is 0.927. The molecule has 2 rings (SSSR count). The number of thiophene rings is 1. The zero-order chi connectivity index (χ0) is 15.8. The second kappa shape index (κ2) is 5.43. The number of fused-ring (bicyclic) bond motifs is 1. The van der Waals surface area contributed by atoms with Crippen LogP contribution in [0.4, 0.5) is 17.6 Å². The van der Waals surface area contributed by atoms with Crippen molar-refractivity contribution in [1.82, 2.24) is 14.9 Å². The summed E-state index contributed by atoms with van der Waals surface area (Å²) >= 11 is 1.15. The summed E-state index contributed by atoms with van der Waals surface area (Å²) in [4.78, 5) is 29.6. The number of carbonyl (C=O) groups is 1. The SMILES string of the molecule is CN(Cc1nc2ccsc2c(=O)[nH]1)C(=O)C(F)(F)C(F)F. The number of nitrogens with one attached hydrogen (secondary N) is 1. The Hall–Kier alpha value is -1.97. The number of hydrogen-bond acceptors (Lipinski definition) is 4. The molecule has 0 saturated carbocycles. The fourth-order valence-electron chi connectivity index (χ4n) is 1.64. The minimum Gasteiger partial charge on any atom is -0.333 e. The Morgan fingerprint density at radius 2 is 2.19 bits per heavy atom. The molecule has 10 heteroatoms. The van der Waals surface area contributed by atoms with Crippen LogP contribution in [0, 0.1) is 0 Å². The Bertz CT molecular complexity index is 728. The van der Waals surface area contributed by atoms with Crippen LogP contribution >= 0.6 is 11.3 Å². The van der Waals surface area contributed by atoms with Crippen molar-refractivity contribution in [3.8, 4) is 0 Å². The molecule has 0 fully saturated rings. The molecule has 1 N–H and O–H groups in total. The molecule has 0 bridgehead atoms. The van der Waals surface area contributed by atoms with E-state index in [-0.39, 0.29) is 5.82 Å². The van der Waals surface area contributed by atoms with Crippen LogP contribution in [0.25, 0.3) is 10.2 Å². The smallest absolute Gasteiger partial charge is 0.333 e. The van der Waals surface area contributed by atoms with Gasteiger partial charge in [-0.3, -0.25) is 9.59 Å².